The highest BCUT2D eigenvalue weighted by molar-refractivity contribution is 7.80. The lowest BCUT2D eigenvalue weighted by molar-refractivity contribution is 0.561. The SMILES string of the molecule is CCCCN(CCCC)c1c(F)cc(C(N)=S)cc1F. The molecule has 0 saturated carbocycles. The van der Waals surface area contributed by atoms with E-state index in [2.05, 4.69) is 13.8 Å². The number of unbranched alkanes of at least 4 members (excludes halogenated alkanes) is 2. The van der Waals surface area contributed by atoms with Crippen molar-refractivity contribution in [3.63, 3.8) is 0 Å². The predicted octanol–water partition coefficient (Wildman–Crippen LogP) is 4.01. The standard InChI is InChI=1S/C15H22F2N2S/c1-3-5-7-19(8-6-4-2)14-12(16)9-11(15(18)20)10-13(14)17/h9-10H,3-8H2,1-2H3,(H2,18,20). The second-order valence-electron chi connectivity index (χ2n) is 4.85. The van der Waals surface area contributed by atoms with Crippen molar-refractivity contribution in [1.29, 1.82) is 0 Å². The van der Waals surface area contributed by atoms with Crippen LogP contribution in [0.1, 0.15) is 45.1 Å². The van der Waals surface area contributed by atoms with Crippen molar-refractivity contribution in [2.75, 3.05) is 18.0 Å². The number of rotatable bonds is 8. The summed E-state index contributed by atoms with van der Waals surface area (Å²) in [6, 6.07) is 2.43. The number of hydrogen-bond donors (Lipinski definition) is 1. The van der Waals surface area contributed by atoms with Gasteiger partial charge in [0.25, 0.3) is 0 Å². The smallest absolute Gasteiger partial charge is 0.150 e. The first kappa shape index (κ1) is 16.8. The molecule has 0 saturated heterocycles. The molecule has 0 aliphatic carbocycles. The molecule has 112 valence electrons. The molecule has 0 fully saturated rings. The second-order valence-corrected chi connectivity index (χ2v) is 5.29. The van der Waals surface area contributed by atoms with Gasteiger partial charge in [-0.3, -0.25) is 0 Å². The average molecular weight is 300 g/mol. The lowest BCUT2D eigenvalue weighted by Gasteiger charge is -2.26. The third kappa shape index (κ3) is 4.40. The van der Waals surface area contributed by atoms with Gasteiger partial charge in [-0.25, -0.2) is 8.78 Å². The van der Waals surface area contributed by atoms with Crippen molar-refractivity contribution in [2.24, 2.45) is 5.73 Å². The van der Waals surface area contributed by atoms with Gasteiger partial charge in [0.05, 0.1) is 0 Å². The van der Waals surface area contributed by atoms with Gasteiger partial charge < -0.3 is 10.6 Å². The highest BCUT2D eigenvalue weighted by Crippen LogP contribution is 2.26. The molecule has 0 aliphatic heterocycles. The molecule has 0 bridgehead atoms. The fourth-order valence-corrected chi connectivity index (χ4v) is 2.16. The van der Waals surface area contributed by atoms with E-state index in [0.29, 0.717) is 13.1 Å². The van der Waals surface area contributed by atoms with Crippen molar-refractivity contribution < 1.29 is 8.78 Å². The average Bonchev–Trinajstić information content (AvgIpc) is 2.40. The van der Waals surface area contributed by atoms with E-state index in [9.17, 15) is 8.78 Å². The Morgan fingerprint density at radius 3 is 1.90 bits per heavy atom. The molecule has 5 heteroatoms. The molecule has 2 N–H and O–H groups in total. The Morgan fingerprint density at radius 2 is 1.55 bits per heavy atom. The first-order chi connectivity index (χ1) is 9.51. The fourth-order valence-electron chi connectivity index (χ4n) is 2.04. The van der Waals surface area contributed by atoms with E-state index in [1.807, 2.05) is 0 Å². The molecule has 0 aliphatic rings. The van der Waals surface area contributed by atoms with Crippen molar-refractivity contribution in [3.05, 3.63) is 29.3 Å². The summed E-state index contributed by atoms with van der Waals surface area (Å²) in [5.41, 5.74) is 5.68. The number of nitrogens with two attached hydrogens (primary N) is 1. The van der Waals surface area contributed by atoms with Crippen LogP contribution in [0.3, 0.4) is 0 Å². The van der Waals surface area contributed by atoms with E-state index in [1.54, 1.807) is 4.90 Å². The lowest BCUT2D eigenvalue weighted by atomic mass is 10.1. The van der Waals surface area contributed by atoms with E-state index >= 15 is 0 Å². The highest BCUT2D eigenvalue weighted by atomic mass is 32.1. The molecule has 20 heavy (non-hydrogen) atoms. The third-order valence-corrected chi connectivity index (χ3v) is 3.42. The Morgan fingerprint density at radius 1 is 1.10 bits per heavy atom. The van der Waals surface area contributed by atoms with E-state index in [0.717, 1.165) is 25.7 Å². The van der Waals surface area contributed by atoms with Crippen molar-refractivity contribution in [3.8, 4) is 0 Å². The maximum Gasteiger partial charge on any atom is 0.150 e. The van der Waals surface area contributed by atoms with E-state index in [-0.39, 0.29) is 16.2 Å². The maximum absolute atomic E-state index is 14.2. The summed E-state index contributed by atoms with van der Waals surface area (Å²) in [7, 11) is 0. The third-order valence-electron chi connectivity index (χ3n) is 3.18. The van der Waals surface area contributed by atoms with Gasteiger partial charge in [-0.1, -0.05) is 38.9 Å². The van der Waals surface area contributed by atoms with Crippen LogP contribution in [-0.4, -0.2) is 18.1 Å². The molecular formula is C15H22F2N2S. The van der Waals surface area contributed by atoms with Crippen LogP contribution in [0.4, 0.5) is 14.5 Å². The summed E-state index contributed by atoms with van der Waals surface area (Å²) < 4.78 is 28.4. The first-order valence-electron chi connectivity index (χ1n) is 7.05. The van der Waals surface area contributed by atoms with Crippen molar-refractivity contribution in [1.82, 2.24) is 0 Å². The second kappa shape index (κ2) is 8.15. The molecule has 0 radical (unpaired) electrons. The van der Waals surface area contributed by atoms with Gasteiger partial charge in [0.1, 0.15) is 22.3 Å². The van der Waals surface area contributed by atoms with Crippen LogP contribution in [0.25, 0.3) is 0 Å². The van der Waals surface area contributed by atoms with Crippen LogP contribution in [0.15, 0.2) is 12.1 Å². The molecule has 0 amide bonds. The maximum atomic E-state index is 14.2. The van der Waals surface area contributed by atoms with Crippen molar-refractivity contribution >= 4 is 22.9 Å². The van der Waals surface area contributed by atoms with Gasteiger partial charge in [-0.2, -0.15) is 0 Å². The fraction of sp³-hybridized carbons (Fsp3) is 0.533. The van der Waals surface area contributed by atoms with E-state index in [1.165, 1.54) is 12.1 Å². The lowest BCUT2D eigenvalue weighted by Crippen LogP contribution is -2.28. The Hall–Kier alpha value is -1.23. The Balaban J connectivity index is 3.08. The zero-order valence-electron chi connectivity index (χ0n) is 12.1. The first-order valence-corrected chi connectivity index (χ1v) is 7.45. The zero-order valence-corrected chi connectivity index (χ0v) is 12.9. The topological polar surface area (TPSA) is 29.3 Å². The molecular weight excluding hydrogens is 278 g/mol. The number of halogens is 2. The van der Waals surface area contributed by atoms with Crippen LogP contribution in [-0.2, 0) is 0 Å². The largest absolute Gasteiger partial charge is 0.389 e. The Bertz CT molecular complexity index is 432. The van der Waals surface area contributed by atoms with Gasteiger partial charge >= 0.3 is 0 Å². The summed E-state index contributed by atoms with van der Waals surface area (Å²) >= 11 is 4.76. The zero-order chi connectivity index (χ0) is 15.1. The predicted molar refractivity (Wildman–Crippen MR) is 84.3 cm³/mol. The number of benzene rings is 1. The van der Waals surface area contributed by atoms with Gasteiger partial charge in [-0.15, -0.1) is 0 Å². The van der Waals surface area contributed by atoms with Gasteiger partial charge in [0.2, 0.25) is 0 Å². The molecule has 1 rings (SSSR count). The Labute approximate surface area is 125 Å². The molecule has 2 nitrogen and oxygen atoms in total. The van der Waals surface area contributed by atoms with Crippen molar-refractivity contribution in [2.45, 2.75) is 39.5 Å². The quantitative estimate of drug-likeness (QED) is 0.736. The van der Waals surface area contributed by atoms with Gasteiger partial charge in [-0.05, 0) is 25.0 Å². The van der Waals surface area contributed by atoms with E-state index < -0.39 is 11.6 Å². The summed E-state index contributed by atoms with van der Waals surface area (Å²) in [5.74, 6) is -1.19. The van der Waals surface area contributed by atoms with Gasteiger partial charge in [0, 0.05) is 18.7 Å². The monoisotopic (exact) mass is 300 g/mol. The van der Waals surface area contributed by atoms with Crippen LogP contribution in [0.2, 0.25) is 0 Å². The normalized spacial score (nSPS) is 10.6. The Kier molecular flexibility index (Phi) is 6.85. The van der Waals surface area contributed by atoms with Crippen LogP contribution in [0, 0.1) is 11.6 Å². The molecule has 0 heterocycles. The molecule has 0 unspecified atom stereocenters. The number of hydrogen-bond acceptors (Lipinski definition) is 2. The van der Waals surface area contributed by atoms with Gasteiger partial charge in [0.15, 0.2) is 0 Å². The number of anilines is 1. The molecule has 0 aromatic heterocycles. The number of thiocarbonyl (C=S) groups is 1. The van der Waals surface area contributed by atoms with Crippen LogP contribution < -0.4 is 10.6 Å². The minimum atomic E-state index is -0.597. The molecule has 1 aromatic carbocycles. The summed E-state index contributed by atoms with van der Waals surface area (Å²) in [6.45, 7) is 5.41. The minimum absolute atomic E-state index is 0.00279. The highest BCUT2D eigenvalue weighted by Gasteiger charge is 2.18. The minimum Gasteiger partial charge on any atom is -0.389 e. The molecule has 1 aromatic rings. The summed E-state index contributed by atoms with van der Waals surface area (Å²) in [6.07, 6.45) is 3.77. The van der Waals surface area contributed by atoms with E-state index in [4.69, 9.17) is 18.0 Å². The van der Waals surface area contributed by atoms with Crippen LogP contribution in [0.5, 0.6) is 0 Å². The number of nitrogens with zero attached hydrogens (tertiary/aromatic N) is 1. The summed E-state index contributed by atoms with van der Waals surface area (Å²) in [5, 5.41) is 0. The van der Waals surface area contributed by atoms with Crippen LogP contribution >= 0.6 is 12.2 Å². The summed E-state index contributed by atoms with van der Waals surface area (Å²) in [4.78, 5) is 1.78. The molecule has 0 atom stereocenters. The molecule has 0 spiro atoms.